The smallest absolute Gasteiger partial charge is 0.410 e. The second-order valence-electron chi connectivity index (χ2n) is 4.94. The minimum Gasteiger partial charge on any atom is -0.443 e. The van der Waals surface area contributed by atoms with Gasteiger partial charge in [-0.2, -0.15) is 0 Å². The number of hydrogen-bond donors (Lipinski definition) is 2. The van der Waals surface area contributed by atoms with Crippen molar-refractivity contribution >= 4 is 27.7 Å². The summed E-state index contributed by atoms with van der Waals surface area (Å²) in [7, 11) is -2.12. The standard InChI is InChI=1S/C13H17N3O5S/c1-9(17)15-10-3-5-12(6-4-10)22(19,20)14-7-11-8-16(2)13(18)21-11/h3-6,11,14H,7-8H2,1-2H3,(H,15,17). The number of hydrogen-bond acceptors (Lipinski definition) is 5. The Balaban J connectivity index is 1.98. The third-order valence-electron chi connectivity index (χ3n) is 3.04. The molecule has 1 fully saturated rings. The molecule has 0 bridgehead atoms. The summed E-state index contributed by atoms with van der Waals surface area (Å²) in [6.07, 6.45) is -0.977. The lowest BCUT2D eigenvalue weighted by Gasteiger charge is -2.11. The Bertz CT molecular complexity index is 671. The molecule has 0 saturated carbocycles. The van der Waals surface area contributed by atoms with Gasteiger partial charge in [0.25, 0.3) is 0 Å². The van der Waals surface area contributed by atoms with E-state index in [1.807, 2.05) is 0 Å². The maximum atomic E-state index is 12.1. The number of carbonyl (C=O) groups is 2. The van der Waals surface area contributed by atoms with Crippen molar-refractivity contribution in [2.24, 2.45) is 0 Å². The van der Waals surface area contributed by atoms with Crippen molar-refractivity contribution in [3.8, 4) is 0 Å². The minimum atomic E-state index is -3.70. The van der Waals surface area contributed by atoms with E-state index in [1.165, 1.54) is 36.1 Å². The molecule has 1 heterocycles. The Hall–Kier alpha value is -2.13. The molecule has 120 valence electrons. The normalized spacial score (nSPS) is 18.2. The number of cyclic esters (lactones) is 1. The summed E-state index contributed by atoms with van der Waals surface area (Å²) in [6, 6.07) is 5.78. The van der Waals surface area contributed by atoms with E-state index in [0.29, 0.717) is 12.2 Å². The van der Waals surface area contributed by atoms with Crippen LogP contribution in [0.4, 0.5) is 10.5 Å². The molecule has 2 amide bonds. The van der Waals surface area contributed by atoms with Crippen LogP contribution >= 0.6 is 0 Å². The van der Waals surface area contributed by atoms with E-state index in [4.69, 9.17) is 4.74 Å². The average Bonchev–Trinajstić information content (AvgIpc) is 2.76. The van der Waals surface area contributed by atoms with Gasteiger partial charge in [0.15, 0.2) is 0 Å². The Labute approximate surface area is 128 Å². The van der Waals surface area contributed by atoms with E-state index in [9.17, 15) is 18.0 Å². The quantitative estimate of drug-likeness (QED) is 0.813. The summed E-state index contributed by atoms with van der Waals surface area (Å²) in [4.78, 5) is 23.6. The molecule has 1 aliphatic heterocycles. The van der Waals surface area contributed by atoms with Crippen LogP contribution in [-0.4, -0.2) is 51.6 Å². The highest BCUT2D eigenvalue weighted by atomic mass is 32.2. The Morgan fingerprint density at radius 3 is 2.50 bits per heavy atom. The van der Waals surface area contributed by atoms with Crippen LogP contribution in [0.25, 0.3) is 0 Å². The molecule has 1 aromatic carbocycles. The number of nitrogens with one attached hydrogen (secondary N) is 2. The van der Waals surface area contributed by atoms with Crippen LogP contribution in [0.15, 0.2) is 29.2 Å². The van der Waals surface area contributed by atoms with E-state index in [0.717, 1.165) is 0 Å². The Kier molecular flexibility index (Phi) is 4.67. The molecule has 1 unspecified atom stereocenters. The van der Waals surface area contributed by atoms with Gasteiger partial charge in [-0.1, -0.05) is 0 Å². The first kappa shape index (κ1) is 16.2. The number of sulfonamides is 1. The lowest BCUT2D eigenvalue weighted by molar-refractivity contribution is -0.114. The third-order valence-corrected chi connectivity index (χ3v) is 4.48. The summed E-state index contributed by atoms with van der Waals surface area (Å²) < 4.78 is 31.6. The summed E-state index contributed by atoms with van der Waals surface area (Å²) >= 11 is 0. The second kappa shape index (κ2) is 6.32. The molecular formula is C13H17N3O5S. The monoisotopic (exact) mass is 327 g/mol. The van der Waals surface area contributed by atoms with Gasteiger partial charge in [-0.05, 0) is 24.3 Å². The largest absolute Gasteiger partial charge is 0.443 e. The molecule has 0 spiro atoms. The first-order chi connectivity index (χ1) is 10.3. The number of benzene rings is 1. The van der Waals surface area contributed by atoms with Crippen molar-refractivity contribution in [3.63, 3.8) is 0 Å². The van der Waals surface area contributed by atoms with Crippen LogP contribution in [0.3, 0.4) is 0 Å². The van der Waals surface area contributed by atoms with Crippen molar-refractivity contribution in [3.05, 3.63) is 24.3 Å². The molecule has 9 heteroatoms. The third kappa shape index (κ3) is 3.95. The fraction of sp³-hybridized carbons (Fsp3) is 0.385. The van der Waals surface area contributed by atoms with Crippen molar-refractivity contribution in [1.82, 2.24) is 9.62 Å². The van der Waals surface area contributed by atoms with E-state index >= 15 is 0 Å². The first-order valence-corrected chi connectivity index (χ1v) is 8.05. The summed E-state index contributed by atoms with van der Waals surface area (Å²) in [6.45, 7) is 1.71. The van der Waals surface area contributed by atoms with Gasteiger partial charge < -0.3 is 15.0 Å². The van der Waals surface area contributed by atoms with Gasteiger partial charge in [0, 0.05) is 26.2 Å². The predicted molar refractivity (Wildman–Crippen MR) is 78.8 cm³/mol. The second-order valence-corrected chi connectivity index (χ2v) is 6.71. The maximum Gasteiger partial charge on any atom is 0.410 e. The van der Waals surface area contributed by atoms with Gasteiger partial charge in [-0.25, -0.2) is 17.9 Å². The molecule has 0 radical (unpaired) electrons. The van der Waals surface area contributed by atoms with Crippen LogP contribution in [-0.2, 0) is 19.6 Å². The number of anilines is 1. The molecule has 0 aromatic heterocycles. The number of nitrogens with zero attached hydrogens (tertiary/aromatic N) is 1. The zero-order chi connectivity index (χ0) is 16.3. The van der Waals surface area contributed by atoms with Crippen molar-refractivity contribution in [1.29, 1.82) is 0 Å². The van der Waals surface area contributed by atoms with Crippen LogP contribution < -0.4 is 10.0 Å². The van der Waals surface area contributed by atoms with Gasteiger partial charge in [-0.15, -0.1) is 0 Å². The van der Waals surface area contributed by atoms with E-state index in [-0.39, 0.29) is 17.3 Å². The number of ether oxygens (including phenoxy) is 1. The zero-order valence-electron chi connectivity index (χ0n) is 12.2. The van der Waals surface area contributed by atoms with Gasteiger partial charge in [0.2, 0.25) is 15.9 Å². The first-order valence-electron chi connectivity index (χ1n) is 6.57. The number of rotatable bonds is 5. The molecule has 0 aliphatic carbocycles. The van der Waals surface area contributed by atoms with E-state index in [2.05, 4.69) is 10.0 Å². The van der Waals surface area contributed by atoms with E-state index in [1.54, 1.807) is 7.05 Å². The average molecular weight is 327 g/mol. The molecule has 8 nitrogen and oxygen atoms in total. The fourth-order valence-corrected chi connectivity index (χ4v) is 3.03. The molecule has 2 rings (SSSR count). The molecule has 1 atom stereocenters. The summed E-state index contributed by atoms with van der Waals surface area (Å²) in [5.41, 5.74) is 0.512. The Morgan fingerprint density at radius 1 is 1.36 bits per heavy atom. The minimum absolute atomic E-state index is 0.00581. The lowest BCUT2D eigenvalue weighted by Crippen LogP contribution is -2.34. The number of carbonyl (C=O) groups excluding carboxylic acids is 2. The fourth-order valence-electron chi connectivity index (χ4n) is 1.96. The summed E-state index contributed by atoms with van der Waals surface area (Å²) in [5, 5.41) is 2.55. The SMILES string of the molecule is CC(=O)Nc1ccc(S(=O)(=O)NCC2CN(C)C(=O)O2)cc1. The van der Waals surface area contributed by atoms with Crippen LogP contribution in [0.1, 0.15) is 6.92 Å². The number of amides is 2. The highest BCUT2D eigenvalue weighted by Crippen LogP contribution is 2.15. The van der Waals surface area contributed by atoms with Gasteiger partial charge in [-0.3, -0.25) is 4.79 Å². The van der Waals surface area contributed by atoms with Crippen LogP contribution in [0.2, 0.25) is 0 Å². The van der Waals surface area contributed by atoms with Crippen molar-refractivity contribution < 1.29 is 22.7 Å². The number of likely N-dealkylation sites (N-methyl/N-ethyl adjacent to an activating group) is 1. The zero-order valence-corrected chi connectivity index (χ0v) is 13.0. The molecular weight excluding hydrogens is 310 g/mol. The van der Waals surface area contributed by atoms with Crippen LogP contribution in [0.5, 0.6) is 0 Å². The molecule has 1 aromatic rings. The summed E-state index contributed by atoms with van der Waals surface area (Å²) in [5.74, 6) is -0.235. The van der Waals surface area contributed by atoms with Gasteiger partial charge in [0.1, 0.15) is 6.10 Å². The Morgan fingerprint density at radius 2 is 2.00 bits per heavy atom. The molecule has 1 saturated heterocycles. The van der Waals surface area contributed by atoms with Gasteiger partial charge in [0.05, 0.1) is 11.4 Å². The van der Waals surface area contributed by atoms with Crippen molar-refractivity contribution in [2.75, 3.05) is 25.5 Å². The topological polar surface area (TPSA) is 105 Å². The van der Waals surface area contributed by atoms with Crippen molar-refractivity contribution in [2.45, 2.75) is 17.9 Å². The highest BCUT2D eigenvalue weighted by molar-refractivity contribution is 7.89. The highest BCUT2D eigenvalue weighted by Gasteiger charge is 2.29. The van der Waals surface area contributed by atoms with Crippen LogP contribution in [0, 0.1) is 0 Å². The van der Waals surface area contributed by atoms with E-state index < -0.39 is 22.2 Å². The lowest BCUT2D eigenvalue weighted by atomic mass is 10.3. The maximum absolute atomic E-state index is 12.1. The molecule has 1 aliphatic rings. The molecule has 2 N–H and O–H groups in total. The predicted octanol–water partition coefficient (Wildman–Crippen LogP) is 0.374. The van der Waals surface area contributed by atoms with Gasteiger partial charge >= 0.3 is 6.09 Å². The molecule has 22 heavy (non-hydrogen) atoms.